The van der Waals surface area contributed by atoms with E-state index in [1.54, 1.807) is 32.3 Å². The molecule has 2 aromatic heterocycles. The number of carbonyl (C=O) groups excluding carboxylic acids is 1. The molecule has 1 aromatic carbocycles. The van der Waals surface area contributed by atoms with Gasteiger partial charge in [-0.05, 0) is 30.7 Å². The van der Waals surface area contributed by atoms with Crippen LogP contribution in [0, 0.1) is 6.92 Å². The molecule has 178 valence electrons. The van der Waals surface area contributed by atoms with Crippen molar-refractivity contribution in [2.24, 2.45) is 7.05 Å². The Morgan fingerprint density at radius 2 is 1.88 bits per heavy atom. The average molecular weight is 471 g/mol. The Kier molecular flexibility index (Phi) is 6.56. The Bertz CT molecular complexity index is 1280. The zero-order valence-corrected chi connectivity index (χ0v) is 18.9. The van der Waals surface area contributed by atoms with Crippen molar-refractivity contribution in [3.8, 4) is 11.1 Å². The third-order valence-corrected chi connectivity index (χ3v) is 5.86. The highest BCUT2D eigenvalue weighted by molar-refractivity contribution is 5.98. The van der Waals surface area contributed by atoms with Crippen molar-refractivity contribution in [2.45, 2.75) is 19.5 Å². The normalized spacial score (nSPS) is 14.3. The van der Waals surface area contributed by atoms with Crippen LogP contribution in [0.1, 0.15) is 27.2 Å². The summed E-state index contributed by atoms with van der Waals surface area (Å²) < 4.78 is 45.9. The maximum Gasteiger partial charge on any atom is 0.416 e. The van der Waals surface area contributed by atoms with Gasteiger partial charge in [-0.2, -0.15) is 13.2 Å². The third kappa shape index (κ3) is 5.04. The van der Waals surface area contributed by atoms with Gasteiger partial charge >= 0.3 is 6.18 Å². The first-order valence-electron chi connectivity index (χ1n) is 10.8. The van der Waals surface area contributed by atoms with Gasteiger partial charge in [-0.15, -0.1) is 0 Å². The fourth-order valence-electron chi connectivity index (χ4n) is 4.00. The van der Waals surface area contributed by atoms with E-state index >= 15 is 0 Å². The van der Waals surface area contributed by atoms with E-state index in [9.17, 15) is 22.8 Å². The molecule has 9 heteroatoms. The highest BCUT2D eigenvalue weighted by atomic mass is 19.4. The van der Waals surface area contributed by atoms with Crippen molar-refractivity contribution in [3.63, 3.8) is 0 Å². The molecule has 0 bridgehead atoms. The monoisotopic (exact) mass is 471 g/mol. The van der Waals surface area contributed by atoms with Gasteiger partial charge in [0.2, 0.25) is 0 Å². The number of carbonyl (C=O) groups is 1. The zero-order chi connectivity index (χ0) is 24.5. The molecule has 34 heavy (non-hydrogen) atoms. The summed E-state index contributed by atoms with van der Waals surface area (Å²) in [4.78, 5) is 32.0. The fraction of sp³-hybridized carbons (Fsp3) is 0.320. The van der Waals surface area contributed by atoms with Crippen LogP contribution < -0.4 is 10.5 Å². The van der Waals surface area contributed by atoms with Gasteiger partial charge in [0.05, 0.1) is 18.8 Å². The number of benzene rings is 1. The minimum Gasteiger partial charge on any atom is -0.378 e. The van der Waals surface area contributed by atoms with E-state index in [2.05, 4.69) is 4.98 Å². The van der Waals surface area contributed by atoms with Gasteiger partial charge in [-0.25, -0.2) is 0 Å². The summed E-state index contributed by atoms with van der Waals surface area (Å²) in [6, 6.07) is 8.23. The van der Waals surface area contributed by atoms with Crippen molar-refractivity contribution >= 4 is 11.5 Å². The summed E-state index contributed by atoms with van der Waals surface area (Å²) in [5.41, 5.74) is 2.26. The van der Waals surface area contributed by atoms with E-state index in [0.29, 0.717) is 48.8 Å². The summed E-state index contributed by atoms with van der Waals surface area (Å²) >= 11 is 0. The minimum atomic E-state index is -4.47. The van der Waals surface area contributed by atoms with Gasteiger partial charge in [0.15, 0.2) is 5.78 Å². The number of alkyl halides is 3. The maximum absolute atomic E-state index is 13.0. The number of halogens is 3. The number of Topliss-reactive ketones (excluding diaryl/α,β-unsaturated/α-hetero) is 1. The molecule has 3 heterocycles. The lowest BCUT2D eigenvalue weighted by atomic mass is 9.98. The van der Waals surface area contributed by atoms with E-state index < -0.39 is 11.7 Å². The molecular weight excluding hydrogens is 447 g/mol. The van der Waals surface area contributed by atoms with Gasteiger partial charge < -0.3 is 14.2 Å². The van der Waals surface area contributed by atoms with Crippen molar-refractivity contribution in [2.75, 3.05) is 31.2 Å². The number of nitrogens with zero attached hydrogens (tertiary/aromatic N) is 3. The Labute approximate surface area is 194 Å². The predicted octanol–water partition coefficient (Wildman–Crippen LogP) is 4.04. The maximum atomic E-state index is 13.0. The number of hydrogen-bond donors (Lipinski definition) is 0. The van der Waals surface area contributed by atoms with Gasteiger partial charge in [-0.1, -0.05) is 18.2 Å². The Hall–Kier alpha value is -3.46. The second kappa shape index (κ2) is 9.42. The van der Waals surface area contributed by atoms with E-state index in [0.717, 1.165) is 17.7 Å². The fourth-order valence-corrected chi connectivity index (χ4v) is 4.00. The van der Waals surface area contributed by atoms with Crippen LogP contribution in [-0.2, 0) is 24.4 Å². The van der Waals surface area contributed by atoms with Crippen LogP contribution in [0.15, 0.2) is 53.6 Å². The van der Waals surface area contributed by atoms with Crippen LogP contribution in [0.2, 0.25) is 0 Å². The summed E-state index contributed by atoms with van der Waals surface area (Å²) in [7, 11) is 1.67. The molecule has 0 saturated carbocycles. The lowest BCUT2D eigenvalue weighted by Gasteiger charge is -2.28. The van der Waals surface area contributed by atoms with Gasteiger partial charge in [0, 0.05) is 61.3 Å². The van der Waals surface area contributed by atoms with Crippen LogP contribution in [0.5, 0.6) is 0 Å². The van der Waals surface area contributed by atoms with E-state index in [1.807, 2.05) is 4.90 Å². The highest BCUT2D eigenvalue weighted by Gasteiger charge is 2.30. The number of rotatable bonds is 5. The van der Waals surface area contributed by atoms with Crippen LogP contribution >= 0.6 is 0 Å². The topological polar surface area (TPSA) is 64.4 Å². The summed E-state index contributed by atoms with van der Waals surface area (Å²) in [5.74, 6) is -0.341. The van der Waals surface area contributed by atoms with Gasteiger partial charge in [0.1, 0.15) is 5.69 Å². The Morgan fingerprint density at radius 3 is 2.59 bits per heavy atom. The zero-order valence-electron chi connectivity index (χ0n) is 18.9. The lowest BCUT2D eigenvalue weighted by Crippen LogP contribution is -2.40. The molecule has 0 amide bonds. The van der Waals surface area contributed by atoms with Crippen LogP contribution in [0.25, 0.3) is 11.1 Å². The van der Waals surface area contributed by atoms with E-state index in [1.165, 1.54) is 22.9 Å². The summed E-state index contributed by atoms with van der Waals surface area (Å²) in [6.45, 7) is 4.08. The second-order valence-corrected chi connectivity index (χ2v) is 8.28. The summed E-state index contributed by atoms with van der Waals surface area (Å²) in [6.07, 6.45) is -1.53. The van der Waals surface area contributed by atoms with Gasteiger partial charge in [0.25, 0.3) is 5.56 Å². The molecule has 1 saturated heterocycles. The molecule has 1 aliphatic heterocycles. The van der Waals surface area contributed by atoms with Crippen molar-refractivity contribution in [3.05, 3.63) is 81.5 Å². The SMILES string of the molecule is Cc1ncc(C(=O)Cc2cccc(C(F)(F)F)c2)cc1-c1cc(N2CCOCC2)c(=O)n(C)c1. The molecule has 0 N–H and O–H groups in total. The molecule has 4 rings (SSSR count). The number of anilines is 1. The van der Waals surface area contributed by atoms with Crippen LogP contribution in [0.4, 0.5) is 18.9 Å². The molecular formula is C25H24F3N3O3. The number of ether oxygens (including phenoxy) is 1. The molecule has 0 aliphatic carbocycles. The van der Waals surface area contributed by atoms with Gasteiger partial charge in [-0.3, -0.25) is 14.6 Å². The second-order valence-electron chi connectivity index (χ2n) is 8.28. The first kappa shape index (κ1) is 23.7. The number of ketones is 1. The smallest absolute Gasteiger partial charge is 0.378 e. The first-order valence-corrected chi connectivity index (χ1v) is 10.8. The first-order chi connectivity index (χ1) is 16.1. The van der Waals surface area contributed by atoms with Crippen molar-refractivity contribution in [1.82, 2.24) is 9.55 Å². The number of morpholine rings is 1. The standard InChI is InChI=1S/C25H24F3N3O3/c1-16-21(19-13-22(24(33)30(2)15-19)31-6-8-34-9-7-31)12-18(14-29-16)23(32)11-17-4-3-5-20(10-17)25(26,27)28/h3-5,10,12-15H,6-9,11H2,1-2H3. The quantitative estimate of drug-likeness (QED) is 0.526. The van der Waals surface area contributed by atoms with Crippen LogP contribution in [-0.4, -0.2) is 41.6 Å². The Balaban J connectivity index is 1.66. The van der Waals surface area contributed by atoms with Crippen molar-refractivity contribution in [1.29, 1.82) is 0 Å². The summed E-state index contributed by atoms with van der Waals surface area (Å²) in [5, 5.41) is 0. The molecule has 1 fully saturated rings. The molecule has 1 aliphatic rings. The number of aromatic nitrogens is 2. The molecule has 0 atom stereocenters. The Morgan fingerprint density at radius 1 is 1.15 bits per heavy atom. The lowest BCUT2D eigenvalue weighted by molar-refractivity contribution is -0.137. The molecule has 3 aromatic rings. The number of pyridine rings is 2. The number of aryl methyl sites for hydroxylation is 2. The highest BCUT2D eigenvalue weighted by Crippen LogP contribution is 2.30. The predicted molar refractivity (Wildman–Crippen MR) is 122 cm³/mol. The third-order valence-electron chi connectivity index (χ3n) is 5.86. The van der Waals surface area contributed by atoms with Crippen LogP contribution in [0.3, 0.4) is 0 Å². The molecule has 6 nitrogen and oxygen atoms in total. The number of hydrogen-bond acceptors (Lipinski definition) is 5. The van der Waals surface area contributed by atoms with E-state index in [4.69, 9.17) is 4.74 Å². The largest absolute Gasteiger partial charge is 0.416 e. The van der Waals surface area contributed by atoms with E-state index in [-0.39, 0.29) is 23.3 Å². The molecule has 0 radical (unpaired) electrons. The minimum absolute atomic E-state index is 0.131. The molecule has 0 unspecified atom stereocenters. The van der Waals surface area contributed by atoms with Crippen molar-refractivity contribution < 1.29 is 22.7 Å². The molecule has 0 spiro atoms. The average Bonchev–Trinajstić information content (AvgIpc) is 2.81.